The van der Waals surface area contributed by atoms with Gasteiger partial charge in [-0.25, -0.2) is 4.39 Å². The summed E-state index contributed by atoms with van der Waals surface area (Å²) in [5.41, 5.74) is 1.86. The second kappa shape index (κ2) is 10.7. The number of likely N-dealkylation sites (N-methyl/N-ethyl adjacent to an activating group) is 1. The first-order chi connectivity index (χ1) is 15.4. The van der Waals surface area contributed by atoms with E-state index in [4.69, 9.17) is 4.74 Å². The fourth-order valence-corrected chi connectivity index (χ4v) is 3.37. The van der Waals surface area contributed by atoms with Crippen molar-refractivity contribution in [2.45, 2.75) is 19.2 Å². The van der Waals surface area contributed by atoms with Crippen LogP contribution in [0.2, 0.25) is 0 Å². The molecule has 0 saturated carbocycles. The largest absolute Gasteiger partial charge is 0.493 e. The molecule has 5 nitrogen and oxygen atoms in total. The summed E-state index contributed by atoms with van der Waals surface area (Å²) in [6, 6.07) is 18.6. The third-order valence-corrected chi connectivity index (χ3v) is 4.79. The molecule has 1 unspecified atom stereocenters. The van der Waals surface area contributed by atoms with Crippen molar-refractivity contribution < 1.29 is 27.4 Å². The Morgan fingerprint density at radius 2 is 1.69 bits per heavy atom. The second-order valence-electron chi connectivity index (χ2n) is 7.09. The van der Waals surface area contributed by atoms with Crippen LogP contribution in [0.5, 0.6) is 11.5 Å². The highest BCUT2D eigenvalue weighted by Crippen LogP contribution is 2.31. The number of carbonyl (C=O) groups excluding carboxylic acids is 1. The molecule has 0 aliphatic heterocycles. The topological polar surface area (TPSA) is 50.8 Å². The van der Waals surface area contributed by atoms with E-state index >= 15 is 0 Å². The Morgan fingerprint density at radius 3 is 2.31 bits per heavy atom. The average Bonchev–Trinajstić information content (AvgIpc) is 2.76. The van der Waals surface area contributed by atoms with Gasteiger partial charge >= 0.3 is 6.61 Å². The fraction of sp³-hybridized carbons (Fsp3) is 0.208. The van der Waals surface area contributed by atoms with Gasteiger partial charge in [0.15, 0.2) is 11.5 Å². The summed E-state index contributed by atoms with van der Waals surface area (Å²) < 4.78 is 48.3. The number of amides is 1. The van der Waals surface area contributed by atoms with Crippen LogP contribution in [0.1, 0.15) is 17.2 Å². The number of anilines is 1. The molecular weight excluding hydrogens is 421 g/mol. The van der Waals surface area contributed by atoms with E-state index in [-0.39, 0.29) is 24.0 Å². The normalized spacial score (nSPS) is 12.0. The van der Waals surface area contributed by atoms with Crippen LogP contribution in [-0.2, 0) is 11.3 Å². The number of halogens is 3. The van der Waals surface area contributed by atoms with E-state index in [1.54, 1.807) is 18.0 Å². The molecule has 0 heterocycles. The summed E-state index contributed by atoms with van der Waals surface area (Å²) in [6.07, 6.45) is 0. The average molecular weight is 444 g/mol. The van der Waals surface area contributed by atoms with Gasteiger partial charge in [0.1, 0.15) is 11.9 Å². The van der Waals surface area contributed by atoms with Gasteiger partial charge in [0.05, 0.1) is 7.11 Å². The van der Waals surface area contributed by atoms with Crippen molar-refractivity contribution >= 4 is 11.6 Å². The van der Waals surface area contributed by atoms with Crippen LogP contribution >= 0.6 is 0 Å². The molecule has 0 fully saturated rings. The SMILES string of the molecule is COc1ccc(CN(C)C(C(=O)Nc2ccc(F)cc2)c2ccccc2)cc1OC(F)F. The Balaban J connectivity index is 1.85. The molecule has 1 N–H and O–H groups in total. The highest BCUT2D eigenvalue weighted by atomic mass is 19.3. The van der Waals surface area contributed by atoms with Crippen LogP contribution in [-0.4, -0.2) is 31.6 Å². The smallest absolute Gasteiger partial charge is 0.387 e. The zero-order chi connectivity index (χ0) is 23.1. The van der Waals surface area contributed by atoms with Gasteiger partial charge in [-0.15, -0.1) is 0 Å². The number of alkyl halides is 2. The third-order valence-electron chi connectivity index (χ3n) is 4.79. The van der Waals surface area contributed by atoms with Gasteiger partial charge in [0, 0.05) is 12.2 Å². The first kappa shape index (κ1) is 23.1. The summed E-state index contributed by atoms with van der Waals surface area (Å²) in [4.78, 5) is 14.9. The number of benzene rings is 3. The number of carbonyl (C=O) groups is 1. The van der Waals surface area contributed by atoms with Gasteiger partial charge in [-0.1, -0.05) is 36.4 Å². The highest BCUT2D eigenvalue weighted by molar-refractivity contribution is 5.95. The lowest BCUT2D eigenvalue weighted by Gasteiger charge is -2.28. The van der Waals surface area contributed by atoms with E-state index in [1.165, 1.54) is 43.5 Å². The fourth-order valence-electron chi connectivity index (χ4n) is 3.37. The Bertz CT molecular complexity index is 1030. The van der Waals surface area contributed by atoms with Crippen LogP contribution in [0.25, 0.3) is 0 Å². The Morgan fingerprint density at radius 1 is 1.00 bits per heavy atom. The second-order valence-corrected chi connectivity index (χ2v) is 7.09. The van der Waals surface area contributed by atoms with Crippen molar-refractivity contribution in [3.8, 4) is 11.5 Å². The predicted molar refractivity (Wildman–Crippen MR) is 115 cm³/mol. The first-order valence-corrected chi connectivity index (χ1v) is 9.80. The van der Waals surface area contributed by atoms with Crippen molar-refractivity contribution in [2.75, 3.05) is 19.5 Å². The Labute approximate surface area is 184 Å². The van der Waals surface area contributed by atoms with E-state index in [1.807, 2.05) is 30.3 Å². The van der Waals surface area contributed by atoms with Crippen molar-refractivity contribution in [2.24, 2.45) is 0 Å². The van der Waals surface area contributed by atoms with Gasteiger partial charge in [-0.3, -0.25) is 9.69 Å². The van der Waals surface area contributed by atoms with E-state index in [2.05, 4.69) is 10.1 Å². The quantitative estimate of drug-likeness (QED) is 0.490. The zero-order valence-corrected chi connectivity index (χ0v) is 17.6. The minimum absolute atomic E-state index is 0.0829. The molecule has 3 aromatic rings. The number of hydrogen-bond acceptors (Lipinski definition) is 4. The number of nitrogens with one attached hydrogen (secondary N) is 1. The minimum Gasteiger partial charge on any atom is -0.493 e. The molecule has 3 aromatic carbocycles. The van der Waals surface area contributed by atoms with Gasteiger partial charge in [-0.2, -0.15) is 8.78 Å². The Hall–Kier alpha value is -3.52. The summed E-state index contributed by atoms with van der Waals surface area (Å²) in [5, 5.41) is 2.80. The molecule has 0 bridgehead atoms. The molecule has 32 heavy (non-hydrogen) atoms. The molecule has 8 heteroatoms. The molecule has 1 atom stereocenters. The summed E-state index contributed by atoms with van der Waals surface area (Å²) >= 11 is 0. The monoisotopic (exact) mass is 444 g/mol. The number of methoxy groups -OCH3 is 1. The van der Waals surface area contributed by atoms with Crippen LogP contribution in [0, 0.1) is 5.82 Å². The minimum atomic E-state index is -2.99. The van der Waals surface area contributed by atoms with E-state index in [0.29, 0.717) is 11.3 Å². The van der Waals surface area contributed by atoms with Crippen molar-refractivity contribution in [3.63, 3.8) is 0 Å². The van der Waals surface area contributed by atoms with E-state index < -0.39 is 18.5 Å². The molecule has 1 amide bonds. The number of rotatable bonds is 9. The molecule has 168 valence electrons. The lowest BCUT2D eigenvalue weighted by molar-refractivity contribution is -0.121. The summed E-state index contributed by atoms with van der Waals surface area (Å²) in [7, 11) is 3.12. The van der Waals surface area contributed by atoms with Crippen LogP contribution < -0.4 is 14.8 Å². The molecule has 0 saturated heterocycles. The highest BCUT2D eigenvalue weighted by Gasteiger charge is 2.26. The zero-order valence-electron chi connectivity index (χ0n) is 17.6. The molecule has 0 spiro atoms. The maximum absolute atomic E-state index is 13.2. The standard InChI is InChI=1S/C24H23F3N2O3/c1-29(15-16-8-13-20(31-2)21(14-16)32-24(26)27)22(17-6-4-3-5-7-17)23(30)28-19-11-9-18(25)10-12-19/h3-14,22,24H,15H2,1-2H3,(H,28,30). The van der Waals surface area contributed by atoms with Gasteiger partial charge in [-0.05, 0) is 54.6 Å². The van der Waals surface area contributed by atoms with Crippen molar-refractivity contribution in [3.05, 3.63) is 89.7 Å². The lowest BCUT2D eigenvalue weighted by Crippen LogP contribution is -2.34. The molecule has 0 aromatic heterocycles. The predicted octanol–water partition coefficient (Wildman–Crippen LogP) is 5.25. The molecule has 3 rings (SSSR count). The summed E-state index contributed by atoms with van der Waals surface area (Å²) in [5.74, 6) is -0.616. The van der Waals surface area contributed by atoms with Gasteiger partial charge in [0.2, 0.25) is 5.91 Å². The van der Waals surface area contributed by atoms with Crippen LogP contribution in [0.3, 0.4) is 0 Å². The lowest BCUT2D eigenvalue weighted by atomic mass is 10.0. The van der Waals surface area contributed by atoms with E-state index in [0.717, 1.165) is 5.56 Å². The first-order valence-electron chi connectivity index (χ1n) is 9.80. The maximum atomic E-state index is 13.2. The van der Waals surface area contributed by atoms with Gasteiger partial charge < -0.3 is 14.8 Å². The van der Waals surface area contributed by atoms with Crippen LogP contribution in [0.15, 0.2) is 72.8 Å². The Kier molecular flexibility index (Phi) is 7.72. The summed E-state index contributed by atoms with van der Waals surface area (Å²) in [6.45, 7) is -2.73. The maximum Gasteiger partial charge on any atom is 0.387 e. The van der Waals surface area contributed by atoms with Crippen molar-refractivity contribution in [1.82, 2.24) is 4.90 Å². The van der Waals surface area contributed by atoms with Gasteiger partial charge in [0.25, 0.3) is 0 Å². The number of ether oxygens (including phenoxy) is 2. The molecule has 0 aliphatic rings. The molecular formula is C24H23F3N2O3. The number of hydrogen-bond donors (Lipinski definition) is 1. The third kappa shape index (κ3) is 6.01. The van der Waals surface area contributed by atoms with Crippen molar-refractivity contribution in [1.29, 1.82) is 0 Å². The van der Waals surface area contributed by atoms with Crippen LogP contribution in [0.4, 0.5) is 18.9 Å². The molecule has 0 radical (unpaired) electrons. The number of nitrogens with zero attached hydrogens (tertiary/aromatic N) is 1. The van der Waals surface area contributed by atoms with E-state index in [9.17, 15) is 18.0 Å². The molecule has 0 aliphatic carbocycles.